The molecule has 0 aromatic heterocycles. The molecule has 2 rings (SSSR count). The molecule has 124 valence electrons. The van der Waals surface area contributed by atoms with Crippen LogP contribution in [0.15, 0.2) is 48.5 Å². The summed E-state index contributed by atoms with van der Waals surface area (Å²) in [6.07, 6.45) is 5.90. The number of rotatable bonds is 9. The molecule has 0 bridgehead atoms. The van der Waals surface area contributed by atoms with Crippen LogP contribution in [-0.2, 0) is 12.8 Å². The maximum absolute atomic E-state index is 5.90. The van der Waals surface area contributed by atoms with Gasteiger partial charge < -0.3 is 4.90 Å². The third kappa shape index (κ3) is 7.39. The van der Waals surface area contributed by atoms with Gasteiger partial charge in [-0.3, -0.25) is 0 Å². The van der Waals surface area contributed by atoms with Crippen molar-refractivity contribution < 1.29 is 0 Å². The summed E-state index contributed by atoms with van der Waals surface area (Å²) in [7, 11) is 2.21. The van der Waals surface area contributed by atoms with Crippen molar-refractivity contribution in [3.8, 4) is 0 Å². The van der Waals surface area contributed by atoms with Crippen molar-refractivity contribution in [1.82, 2.24) is 4.90 Å². The third-order valence-corrected chi connectivity index (χ3v) is 4.59. The van der Waals surface area contributed by atoms with Gasteiger partial charge in [0.15, 0.2) is 0 Å². The number of aryl methyl sites for hydroxylation is 2. The van der Waals surface area contributed by atoms with Gasteiger partial charge in [-0.2, -0.15) is 0 Å². The van der Waals surface area contributed by atoms with Crippen LogP contribution in [0.2, 0.25) is 10.0 Å². The summed E-state index contributed by atoms with van der Waals surface area (Å²) in [6.45, 7) is 2.30. The second kappa shape index (κ2) is 9.97. The highest BCUT2D eigenvalue weighted by Gasteiger charge is 2.00. The molecule has 0 radical (unpaired) electrons. The maximum Gasteiger partial charge on any atom is 0.0406 e. The molecule has 2 aromatic carbocycles. The highest BCUT2D eigenvalue weighted by molar-refractivity contribution is 6.30. The number of unbranched alkanes of at least 4 members (excludes halogenated alkanes) is 1. The lowest BCUT2D eigenvalue weighted by Gasteiger charge is -2.16. The van der Waals surface area contributed by atoms with Crippen molar-refractivity contribution in [2.45, 2.75) is 32.1 Å². The van der Waals surface area contributed by atoms with Gasteiger partial charge in [0.25, 0.3) is 0 Å². The SMILES string of the molecule is CN(CCCCc1ccc(Cl)cc1)CCCc1ccc(Cl)cc1. The number of nitrogens with zero attached hydrogens (tertiary/aromatic N) is 1. The van der Waals surface area contributed by atoms with Crippen LogP contribution in [0.3, 0.4) is 0 Å². The van der Waals surface area contributed by atoms with Crippen molar-refractivity contribution >= 4 is 23.2 Å². The van der Waals surface area contributed by atoms with E-state index in [1.807, 2.05) is 24.3 Å². The fraction of sp³-hybridized carbons (Fsp3) is 0.400. The van der Waals surface area contributed by atoms with Crippen molar-refractivity contribution in [3.05, 3.63) is 69.7 Å². The molecule has 0 aliphatic rings. The molecule has 0 aliphatic heterocycles. The first-order chi connectivity index (χ1) is 11.1. The zero-order valence-electron chi connectivity index (χ0n) is 13.8. The zero-order valence-corrected chi connectivity index (χ0v) is 15.3. The molecule has 3 heteroatoms. The first-order valence-corrected chi connectivity index (χ1v) is 9.06. The van der Waals surface area contributed by atoms with E-state index in [2.05, 4.69) is 36.2 Å². The van der Waals surface area contributed by atoms with E-state index in [-0.39, 0.29) is 0 Å². The van der Waals surface area contributed by atoms with Gasteiger partial charge in [0.05, 0.1) is 0 Å². The second-order valence-corrected chi connectivity index (χ2v) is 6.99. The Morgan fingerprint density at radius 3 is 1.61 bits per heavy atom. The lowest BCUT2D eigenvalue weighted by Crippen LogP contribution is -2.21. The average Bonchev–Trinajstić information content (AvgIpc) is 2.55. The van der Waals surface area contributed by atoms with Crippen molar-refractivity contribution in [3.63, 3.8) is 0 Å². The van der Waals surface area contributed by atoms with Crippen LogP contribution < -0.4 is 0 Å². The Morgan fingerprint density at radius 1 is 0.652 bits per heavy atom. The Morgan fingerprint density at radius 2 is 1.09 bits per heavy atom. The molecule has 0 saturated carbocycles. The van der Waals surface area contributed by atoms with Gasteiger partial charge in [0.2, 0.25) is 0 Å². The van der Waals surface area contributed by atoms with Crippen molar-refractivity contribution in [1.29, 1.82) is 0 Å². The summed E-state index contributed by atoms with van der Waals surface area (Å²) < 4.78 is 0. The molecule has 0 N–H and O–H groups in total. The van der Waals surface area contributed by atoms with E-state index in [9.17, 15) is 0 Å². The molecule has 0 heterocycles. The highest BCUT2D eigenvalue weighted by atomic mass is 35.5. The Kier molecular flexibility index (Phi) is 7.94. The van der Waals surface area contributed by atoms with Crippen LogP contribution in [0.1, 0.15) is 30.4 Å². The first kappa shape index (κ1) is 18.3. The van der Waals surface area contributed by atoms with E-state index >= 15 is 0 Å². The number of benzene rings is 2. The third-order valence-electron chi connectivity index (χ3n) is 4.09. The summed E-state index contributed by atoms with van der Waals surface area (Å²) in [6, 6.07) is 16.4. The lowest BCUT2D eigenvalue weighted by molar-refractivity contribution is 0.321. The maximum atomic E-state index is 5.90. The lowest BCUT2D eigenvalue weighted by atomic mass is 10.1. The number of hydrogen-bond donors (Lipinski definition) is 0. The van der Waals surface area contributed by atoms with Crippen molar-refractivity contribution in [2.75, 3.05) is 20.1 Å². The highest BCUT2D eigenvalue weighted by Crippen LogP contribution is 2.13. The minimum absolute atomic E-state index is 0.812. The molecule has 0 spiro atoms. The zero-order chi connectivity index (χ0) is 16.5. The fourth-order valence-electron chi connectivity index (χ4n) is 2.68. The normalized spacial score (nSPS) is 11.1. The van der Waals surface area contributed by atoms with Crippen LogP contribution in [0.5, 0.6) is 0 Å². The molecule has 1 nitrogen and oxygen atoms in total. The average molecular weight is 350 g/mol. The monoisotopic (exact) mass is 349 g/mol. The molecule has 2 aromatic rings. The van der Waals surface area contributed by atoms with Crippen molar-refractivity contribution in [2.24, 2.45) is 0 Å². The van der Waals surface area contributed by atoms with Crippen LogP contribution in [-0.4, -0.2) is 25.0 Å². The Hall–Kier alpha value is -1.02. The van der Waals surface area contributed by atoms with E-state index < -0.39 is 0 Å². The largest absolute Gasteiger partial charge is 0.306 e. The van der Waals surface area contributed by atoms with Crippen LogP contribution >= 0.6 is 23.2 Å². The van der Waals surface area contributed by atoms with E-state index in [0.29, 0.717) is 0 Å². The van der Waals surface area contributed by atoms with Gasteiger partial charge in [0, 0.05) is 10.0 Å². The van der Waals surface area contributed by atoms with E-state index in [0.717, 1.165) is 36.0 Å². The standard InChI is InChI=1S/C20H25Cl2N/c1-23(16-4-6-18-9-13-20(22)14-10-18)15-3-2-5-17-7-11-19(21)12-8-17/h7-14H,2-6,15-16H2,1H3. The van der Waals surface area contributed by atoms with E-state index in [1.54, 1.807) is 0 Å². The molecule has 0 aliphatic carbocycles. The predicted molar refractivity (Wildman–Crippen MR) is 102 cm³/mol. The molecular weight excluding hydrogens is 325 g/mol. The van der Waals surface area contributed by atoms with Gasteiger partial charge in [-0.25, -0.2) is 0 Å². The topological polar surface area (TPSA) is 3.24 Å². The quantitative estimate of drug-likeness (QED) is 0.511. The molecule has 23 heavy (non-hydrogen) atoms. The van der Waals surface area contributed by atoms with Gasteiger partial charge in [0.1, 0.15) is 0 Å². The number of halogens is 2. The van der Waals surface area contributed by atoms with Gasteiger partial charge in [-0.15, -0.1) is 0 Å². The Labute approximate surface area is 150 Å². The Bertz CT molecular complexity index is 563. The summed E-state index contributed by atoms with van der Waals surface area (Å²) in [5.41, 5.74) is 2.74. The van der Waals surface area contributed by atoms with Gasteiger partial charge >= 0.3 is 0 Å². The second-order valence-electron chi connectivity index (χ2n) is 6.12. The summed E-state index contributed by atoms with van der Waals surface area (Å²) in [5.74, 6) is 0. The van der Waals surface area contributed by atoms with Crippen LogP contribution in [0.4, 0.5) is 0 Å². The minimum Gasteiger partial charge on any atom is -0.306 e. The molecule has 0 unspecified atom stereocenters. The van der Waals surface area contributed by atoms with Crippen LogP contribution in [0, 0.1) is 0 Å². The molecule has 0 amide bonds. The molecule has 0 atom stereocenters. The summed E-state index contributed by atoms with van der Waals surface area (Å²) in [5, 5.41) is 1.63. The molecular formula is C20H25Cl2N. The predicted octanol–water partition coefficient (Wildman–Crippen LogP) is 5.88. The Balaban J connectivity index is 1.55. The van der Waals surface area contributed by atoms with E-state index in [4.69, 9.17) is 23.2 Å². The van der Waals surface area contributed by atoms with Crippen LogP contribution in [0.25, 0.3) is 0 Å². The van der Waals surface area contributed by atoms with E-state index in [1.165, 1.54) is 30.4 Å². The number of hydrogen-bond acceptors (Lipinski definition) is 1. The minimum atomic E-state index is 0.812. The first-order valence-electron chi connectivity index (χ1n) is 8.31. The van der Waals surface area contributed by atoms with Gasteiger partial charge in [-0.05, 0) is 87.6 Å². The molecule has 0 saturated heterocycles. The molecule has 0 fully saturated rings. The van der Waals surface area contributed by atoms with Gasteiger partial charge in [-0.1, -0.05) is 47.5 Å². The summed E-state index contributed by atoms with van der Waals surface area (Å²) >= 11 is 11.8. The summed E-state index contributed by atoms with van der Waals surface area (Å²) in [4.78, 5) is 2.43. The fourth-order valence-corrected chi connectivity index (χ4v) is 2.93. The smallest absolute Gasteiger partial charge is 0.0406 e.